The summed E-state index contributed by atoms with van der Waals surface area (Å²) in [4.78, 5) is 11.3. The summed E-state index contributed by atoms with van der Waals surface area (Å²) in [5.41, 5.74) is 0.901. The largest absolute Gasteiger partial charge is 0.0622 e. The van der Waals surface area contributed by atoms with Crippen molar-refractivity contribution in [2.45, 2.75) is 27.2 Å². The summed E-state index contributed by atoms with van der Waals surface area (Å²) in [7, 11) is -0.446. The van der Waals surface area contributed by atoms with Gasteiger partial charge in [-0.15, -0.1) is 0 Å². The van der Waals surface area contributed by atoms with Crippen molar-refractivity contribution in [1.29, 1.82) is 0 Å². The van der Waals surface area contributed by atoms with Crippen LogP contribution in [0.1, 0.15) is 27.2 Å². The molecular formula is C30H29FeO3P. The van der Waals surface area contributed by atoms with Crippen molar-refractivity contribution in [3.63, 3.8) is 0 Å². The van der Waals surface area contributed by atoms with Gasteiger partial charge in [0.2, 0.25) is 0 Å². The number of rotatable bonds is 3. The fourth-order valence-corrected chi connectivity index (χ4v) is 5.64. The molecule has 4 rings (SSSR count). The van der Waals surface area contributed by atoms with Gasteiger partial charge in [0.1, 0.15) is 0 Å². The Hall–Kier alpha value is -2.76. The second-order valence-electron chi connectivity index (χ2n) is 8.14. The number of hydrogen-bond acceptors (Lipinski definition) is 1. The summed E-state index contributed by atoms with van der Waals surface area (Å²) in [5.74, 6) is 0.264. The predicted octanol–water partition coefficient (Wildman–Crippen LogP) is 5.86. The number of ketones is 1. The van der Waals surface area contributed by atoms with Gasteiger partial charge in [-0.2, -0.15) is 0 Å². The number of Topliss-reactive ketones (excluding diaryl/α,β-unsaturated/α-hetero) is 1. The van der Waals surface area contributed by atoms with Crippen LogP contribution in [-0.2, 0) is 31.2 Å². The van der Waals surface area contributed by atoms with E-state index in [0.717, 1.165) is 5.57 Å². The zero-order valence-corrected chi connectivity index (χ0v) is 22.1. The molecule has 0 saturated heterocycles. The van der Waals surface area contributed by atoms with Crippen LogP contribution in [0.25, 0.3) is 0 Å². The van der Waals surface area contributed by atoms with Crippen LogP contribution in [0.3, 0.4) is 0 Å². The van der Waals surface area contributed by atoms with E-state index < -0.39 is 7.92 Å². The van der Waals surface area contributed by atoms with E-state index in [1.54, 1.807) is 0 Å². The molecule has 5 heteroatoms. The maximum absolute atomic E-state index is 11.3. The Bertz CT molecular complexity index is 1000. The zero-order valence-electron chi connectivity index (χ0n) is 20.1. The molecule has 0 unspecified atom stereocenters. The van der Waals surface area contributed by atoms with E-state index in [1.807, 2.05) is 19.1 Å². The molecule has 0 radical (unpaired) electrons. The van der Waals surface area contributed by atoms with Gasteiger partial charge in [0, 0.05) is 23.5 Å². The Kier molecular flexibility index (Phi) is 16.3. The SMILES string of the molecule is CC1=CC=CC(C)(C)CC1=O.[C-]#[O+].[C-]#[O+].[Fe].c1ccc(P(c2ccccc2)c2ccccc2)cc1. The molecule has 0 saturated carbocycles. The van der Waals surface area contributed by atoms with E-state index in [1.165, 1.54) is 15.9 Å². The molecule has 3 nitrogen and oxygen atoms in total. The fraction of sp³-hybridized carbons (Fsp3) is 0.167. The van der Waals surface area contributed by atoms with Gasteiger partial charge in [-0.25, -0.2) is 0 Å². The van der Waals surface area contributed by atoms with Crippen LogP contribution in [0.5, 0.6) is 0 Å². The maximum atomic E-state index is 11.3. The van der Waals surface area contributed by atoms with Crippen molar-refractivity contribution in [3.8, 4) is 0 Å². The van der Waals surface area contributed by atoms with Crippen LogP contribution in [-0.4, -0.2) is 5.78 Å². The molecule has 0 heterocycles. The Morgan fingerprint density at radius 2 is 1.06 bits per heavy atom. The van der Waals surface area contributed by atoms with Gasteiger partial charge in [-0.05, 0) is 41.7 Å². The standard InChI is InChI=1S/C18H15P.C10H14O.2CO.Fe/c1-4-10-16(11-5-1)19(17-12-6-2-7-13-17)18-14-8-3-9-15-18;1-8-5-4-6-10(2,3)7-9(8)11;2*1-2;/h1-15H;4-6H,7H2,1-3H3;;;. The monoisotopic (exact) mass is 524 g/mol. The number of benzene rings is 3. The Morgan fingerprint density at radius 1 is 0.714 bits per heavy atom. The molecule has 0 atom stereocenters. The zero-order chi connectivity index (χ0) is 25.4. The molecule has 0 bridgehead atoms. The Morgan fingerprint density at radius 3 is 1.40 bits per heavy atom. The van der Waals surface area contributed by atoms with Crippen LogP contribution in [0.4, 0.5) is 0 Å². The summed E-state index contributed by atoms with van der Waals surface area (Å²) < 4.78 is 15.0. The molecule has 35 heavy (non-hydrogen) atoms. The van der Waals surface area contributed by atoms with Crippen LogP contribution in [0, 0.1) is 18.7 Å². The molecule has 180 valence electrons. The van der Waals surface area contributed by atoms with E-state index >= 15 is 0 Å². The molecule has 1 aliphatic carbocycles. The van der Waals surface area contributed by atoms with Crippen LogP contribution >= 0.6 is 7.92 Å². The average molecular weight is 524 g/mol. The number of hydrogen-bond donors (Lipinski definition) is 0. The van der Waals surface area contributed by atoms with Crippen molar-refractivity contribution in [3.05, 3.63) is 128 Å². The van der Waals surface area contributed by atoms with E-state index in [2.05, 4.69) is 124 Å². The quantitative estimate of drug-likeness (QED) is 0.184. The van der Waals surface area contributed by atoms with Crippen molar-refractivity contribution in [2.75, 3.05) is 0 Å². The van der Waals surface area contributed by atoms with Gasteiger partial charge in [0.25, 0.3) is 0 Å². The maximum Gasteiger partial charge on any atom is 0 e. The predicted molar refractivity (Wildman–Crippen MR) is 139 cm³/mol. The molecule has 0 spiro atoms. The van der Waals surface area contributed by atoms with Crippen LogP contribution < -0.4 is 15.9 Å². The summed E-state index contributed by atoms with van der Waals surface area (Å²) in [6.07, 6.45) is 6.57. The normalized spacial score (nSPS) is 13.0. The van der Waals surface area contributed by atoms with Gasteiger partial charge in [-0.1, -0.05) is 123 Å². The molecule has 1 aliphatic rings. The number of allylic oxidation sites excluding steroid dienone is 4. The van der Waals surface area contributed by atoms with E-state index in [0.29, 0.717) is 6.42 Å². The first kappa shape index (κ1) is 32.2. The molecule has 0 N–H and O–H groups in total. The second-order valence-corrected chi connectivity index (χ2v) is 10.4. The minimum absolute atomic E-state index is 0. The third-order valence-corrected chi connectivity index (χ3v) is 7.44. The summed E-state index contributed by atoms with van der Waals surface area (Å²) in [5, 5.41) is 4.19. The first-order valence-electron chi connectivity index (χ1n) is 10.7. The van der Waals surface area contributed by atoms with Gasteiger partial charge >= 0.3 is 22.6 Å². The van der Waals surface area contributed by atoms with Crippen molar-refractivity contribution in [2.24, 2.45) is 5.41 Å². The molecule has 0 amide bonds. The fourth-order valence-electron chi connectivity index (χ4n) is 3.34. The summed E-state index contributed by atoms with van der Waals surface area (Å²) in [6, 6.07) is 32.3. The second kappa shape index (κ2) is 17.6. The first-order chi connectivity index (χ1) is 16.5. The van der Waals surface area contributed by atoms with Crippen LogP contribution in [0.15, 0.2) is 115 Å². The summed E-state index contributed by atoms with van der Waals surface area (Å²) >= 11 is 0. The minimum Gasteiger partial charge on any atom is -0.0622 e. The van der Waals surface area contributed by atoms with E-state index in [4.69, 9.17) is 9.30 Å². The minimum atomic E-state index is -0.446. The van der Waals surface area contributed by atoms with E-state index in [9.17, 15) is 4.79 Å². The van der Waals surface area contributed by atoms with Gasteiger partial charge in [0.15, 0.2) is 5.78 Å². The molecule has 0 aliphatic heterocycles. The molecule has 3 aromatic rings. The number of carbonyl (C=O) groups is 1. The average Bonchev–Trinajstić information content (AvgIpc) is 3.00. The van der Waals surface area contributed by atoms with Crippen molar-refractivity contribution in [1.82, 2.24) is 0 Å². The topological polar surface area (TPSA) is 56.9 Å². The summed E-state index contributed by atoms with van der Waals surface area (Å²) in [6.45, 7) is 15.0. The molecule has 0 aromatic heterocycles. The van der Waals surface area contributed by atoms with Crippen LogP contribution in [0.2, 0.25) is 0 Å². The third kappa shape index (κ3) is 11.0. The molecular weight excluding hydrogens is 495 g/mol. The Labute approximate surface area is 221 Å². The van der Waals surface area contributed by atoms with Crippen molar-refractivity contribution >= 4 is 29.6 Å². The molecule has 0 fully saturated rings. The molecule has 3 aromatic carbocycles. The first-order valence-corrected chi connectivity index (χ1v) is 12.1. The third-order valence-electron chi connectivity index (χ3n) is 4.99. The smallest absolute Gasteiger partial charge is 0 e. The van der Waals surface area contributed by atoms with Gasteiger partial charge in [0.05, 0.1) is 0 Å². The number of carbonyl (C=O) groups excluding carboxylic acids is 1. The Balaban J connectivity index is 0.000000623. The van der Waals surface area contributed by atoms with Crippen molar-refractivity contribution < 1.29 is 31.2 Å². The van der Waals surface area contributed by atoms with Gasteiger partial charge < -0.3 is 0 Å². The van der Waals surface area contributed by atoms with Gasteiger partial charge in [-0.3, -0.25) is 4.79 Å². The van der Waals surface area contributed by atoms with E-state index in [-0.39, 0.29) is 28.3 Å².